The zero-order valence-electron chi connectivity index (χ0n) is 13.5. The lowest BCUT2D eigenvalue weighted by atomic mass is 10.2. The fraction of sp³-hybridized carbons (Fsp3) is 0.353. The molecule has 1 fully saturated rings. The van der Waals surface area contributed by atoms with Crippen LogP contribution in [-0.2, 0) is 9.47 Å². The van der Waals surface area contributed by atoms with E-state index in [0.29, 0.717) is 22.9 Å². The molecule has 8 nitrogen and oxygen atoms in total. The predicted molar refractivity (Wildman–Crippen MR) is 89.3 cm³/mol. The van der Waals surface area contributed by atoms with Gasteiger partial charge in [0.25, 0.3) is 0 Å². The molecule has 3 aromatic rings. The van der Waals surface area contributed by atoms with Gasteiger partial charge in [-0.1, -0.05) is 5.92 Å². The first-order valence-corrected chi connectivity index (χ1v) is 8.08. The first-order valence-electron chi connectivity index (χ1n) is 8.08. The van der Waals surface area contributed by atoms with E-state index in [1.54, 1.807) is 29.1 Å². The Balaban J connectivity index is 1.50. The van der Waals surface area contributed by atoms with Crippen molar-refractivity contribution in [2.24, 2.45) is 0 Å². The smallest absolute Gasteiger partial charge is 0.218 e. The number of nitrogens with two attached hydrogens (primary N) is 1. The van der Waals surface area contributed by atoms with Crippen molar-refractivity contribution in [3.05, 3.63) is 30.3 Å². The molecule has 3 aromatic heterocycles. The van der Waals surface area contributed by atoms with Crippen LogP contribution in [0.2, 0.25) is 0 Å². The largest absolute Gasteiger partial charge is 0.461 e. The Kier molecular flexibility index (Phi) is 4.33. The lowest BCUT2D eigenvalue weighted by Gasteiger charge is -2.21. The lowest BCUT2D eigenvalue weighted by molar-refractivity contribution is -0.154. The molecule has 8 heteroatoms. The third-order valence-electron chi connectivity index (χ3n) is 3.78. The molecule has 1 aliphatic rings. The second-order valence-corrected chi connectivity index (χ2v) is 5.60. The summed E-state index contributed by atoms with van der Waals surface area (Å²) in [6.45, 7) is 1.02. The third kappa shape index (κ3) is 3.47. The Labute approximate surface area is 144 Å². The van der Waals surface area contributed by atoms with Crippen LogP contribution < -0.4 is 5.73 Å². The Hall–Kier alpha value is -2.89. The van der Waals surface area contributed by atoms with Gasteiger partial charge < -0.3 is 19.6 Å². The van der Waals surface area contributed by atoms with Crippen molar-refractivity contribution >= 4 is 11.5 Å². The third-order valence-corrected chi connectivity index (χ3v) is 3.78. The van der Waals surface area contributed by atoms with E-state index in [-0.39, 0.29) is 18.7 Å². The van der Waals surface area contributed by atoms with Crippen LogP contribution in [0.1, 0.15) is 25.0 Å². The molecular weight excluding hydrogens is 322 g/mol. The van der Waals surface area contributed by atoms with E-state index in [4.69, 9.17) is 19.6 Å². The maximum absolute atomic E-state index is 5.96. The molecule has 128 valence electrons. The van der Waals surface area contributed by atoms with Gasteiger partial charge in [-0.15, -0.1) is 5.10 Å². The van der Waals surface area contributed by atoms with Gasteiger partial charge in [-0.3, -0.25) is 0 Å². The highest BCUT2D eigenvalue weighted by atomic mass is 16.7. The Bertz CT molecular complexity index is 917. The second kappa shape index (κ2) is 6.93. The minimum absolute atomic E-state index is 0.158. The molecule has 0 aromatic carbocycles. The zero-order valence-corrected chi connectivity index (χ0v) is 13.5. The molecule has 2 N–H and O–H groups in total. The number of hydrogen-bond donors (Lipinski definition) is 1. The average Bonchev–Trinajstić information content (AvgIpc) is 3.29. The van der Waals surface area contributed by atoms with Crippen molar-refractivity contribution in [1.29, 1.82) is 0 Å². The molecule has 0 amide bonds. The highest BCUT2D eigenvalue weighted by molar-refractivity contribution is 5.63. The Morgan fingerprint density at radius 2 is 2.32 bits per heavy atom. The molecule has 4 heterocycles. The predicted octanol–water partition coefficient (Wildman–Crippen LogP) is 1.86. The monoisotopic (exact) mass is 339 g/mol. The number of anilines is 1. The molecule has 4 rings (SSSR count). The van der Waals surface area contributed by atoms with Crippen molar-refractivity contribution in [1.82, 2.24) is 19.6 Å². The van der Waals surface area contributed by atoms with Crippen molar-refractivity contribution in [2.75, 3.05) is 18.9 Å². The maximum Gasteiger partial charge on any atom is 0.218 e. The molecule has 0 spiro atoms. The highest BCUT2D eigenvalue weighted by Crippen LogP contribution is 2.18. The quantitative estimate of drug-likeness (QED) is 0.727. The summed E-state index contributed by atoms with van der Waals surface area (Å²) < 4.78 is 17.9. The average molecular weight is 339 g/mol. The van der Waals surface area contributed by atoms with Crippen LogP contribution in [0.15, 0.2) is 29.0 Å². The number of fused-ring (bicyclic) bond motifs is 1. The molecule has 0 aliphatic carbocycles. The number of furan rings is 1. The number of nitrogen functional groups attached to an aromatic ring is 1. The summed E-state index contributed by atoms with van der Waals surface area (Å²) in [5, 5.41) is 4.35. The number of aromatic nitrogens is 4. The normalized spacial score (nSPS) is 17.4. The standard InChI is InChI=1S/C17H17N5O3/c18-15-17-20-16(13-6-4-9-23-13)21-22(17)11-12(19-15)5-3-10-25-14-7-1-2-8-24-14/h4,6,9,11,14H,1-2,7-8,10H2,(H2,18,19). The molecule has 1 unspecified atom stereocenters. The van der Waals surface area contributed by atoms with E-state index >= 15 is 0 Å². The molecule has 0 saturated carbocycles. The second-order valence-electron chi connectivity index (χ2n) is 5.60. The van der Waals surface area contributed by atoms with Crippen LogP contribution in [-0.4, -0.2) is 39.1 Å². The number of hydrogen-bond acceptors (Lipinski definition) is 7. The van der Waals surface area contributed by atoms with Crippen LogP contribution >= 0.6 is 0 Å². The van der Waals surface area contributed by atoms with Gasteiger partial charge in [0.05, 0.1) is 12.5 Å². The molecule has 1 aliphatic heterocycles. The van der Waals surface area contributed by atoms with Gasteiger partial charge in [-0.2, -0.15) is 0 Å². The summed E-state index contributed by atoms with van der Waals surface area (Å²) >= 11 is 0. The Morgan fingerprint density at radius 1 is 1.36 bits per heavy atom. The van der Waals surface area contributed by atoms with E-state index in [9.17, 15) is 0 Å². The Morgan fingerprint density at radius 3 is 3.12 bits per heavy atom. The van der Waals surface area contributed by atoms with E-state index in [2.05, 4.69) is 26.9 Å². The maximum atomic E-state index is 5.96. The summed E-state index contributed by atoms with van der Waals surface area (Å²) in [7, 11) is 0. The van der Waals surface area contributed by atoms with Crippen molar-refractivity contribution in [2.45, 2.75) is 25.6 Å². The van der Waals surface area contributed by atoms with Crippen molar-refractivity contribution in [3.8, 4) is 23.4 Å². The first-order chi connectivity index (χ1) is 12.3. The van der Waals surface area contributed by atoms with Gasteiger partial charge in [0, 0.05) is 6.61 Å². The number of ether oxygens (including phenoxy) is 2. The number of rotatable bonds is 3. The van der Waals surface area contributed by atoms with Crippen LogP contribution in [0.5, 0.6) is 0 Å². The summed E-state index contributed by atoms with van der Waals surface area (Å²) in [5.41, 5.74) is 6.92. The van der Waals surface area contributed by atoms with Gasteiger partial charge >= 0.3 is 0 Å². The van der Waals surface area contributed by atoms with Gasteiger partial charge in [0.15, 0.2) is 23.5 Å². The minimum Gasteiger partial charge on any atom is -0.461 e. The molecular formula is C17H17N5O3. The summed E-state index contributed by atoms with van der Waals surface area (Å²) in [6, 6.07) is 3.55. The topological polar surface area (TPSA) is 101 Å². The fourth-order valence-corrected chi connectivity index (χ4v) is 2.59. The number of nitrogens with zero attached hydrogens (tertiary/aromatic N) is 4. The molecule has 0 radical (unpaired) electrons. The lowest BCUT2D eigenvalue weighted by Crippen LogP contribution is -2.22. The van der Waals surface area contributed by atoms with Gasteiger partial charge in [0.1, 0.15) is 12.3 Å². The van der Waals surface area contributed by atoms with Gasteiger partial charge in [-0.05, 0) is 37.3 Å². The summed E-state index contributed by atoms with van der Waals surface area (Å²) in [6.07, 6.45) is 6.21. The minimum atomic E-state index is -0.158. The van der Waals surface area contributed by atoms with Crippen molar-refractivity contribution in [3.63, 3.8) is 0 Å². The summed E-state index contributed by atoms with van der Waals surface area (Å²) in [4.78, 5) is 8.58. The van der Waals surface area contributed by atoms with Crippen LogP contribution in [0, 0.1) is 11.8 Å². The molecule has 1 saturated heterocycles. The van der Waals surface area contributed by atoms with E-state index < -0.39 is 0 Å². The SMILES string of the molecule is Nc1nc(C#CCOC2CCCCO2)cn2nc(-c3ccco3)nc12. The van der Waals surface area contributed by atoms with E-state index in [1.807, 2.05) is 0 Å². The molecule has 1 atom stereocenters. The van der Waals surface area contributed by atoms with Crippen LogP contribution in [0.4, 0.5) is 5.82 Å². The highest BCUT2D eigenvalue weighted by Gasteiger charge is 2.13. The first kappa shape index (κ1) is 15.6. The van der Waals surface area contributed by atoms with Gasteiger partial charge in [0.2, 0.25) is 5.82 Å². The van der Waals surface area contributed by atoms with Crippen LogP contribution in [0.25, 0.3) is 17.2 Å². The molecule has 25 heavy (non-hydrogen) atoms. The fourth-order valence-electron chi connectivity index (χ4n) is 2.59. The zero-order chi connectivity index (χ0) is 17.1. The van der Waals surface area contributed by atoms with E-state index in [0.717, 1.165) is 25.9 Å². The summed E-state index contributed by atoms with van der Waals surface area (Å²) in [5.74, 6) is 7.12. The van der Waals surface area contributed by atoms with Gasteiger partial charge in [-0.25, -0.2) is 14.5 Å². The van der Waals surface area contributed by atoms with E-state index in [1.165, 1.54) is 0 Å². The van der Waals surface area contributed by atoms with Crippen LogP contribution in [0.3, 0.4) is 0 Å². The van der Waals surface area contributed by atoms with Crippen molar-refractivity contribution < 1.29 is 13.9 Å². The molecule has 0 bridgehead atoms.